The number of sulfone groups is 1. The van der Waals surface area contributed by atoms with Crippen molar-refractivity contribution in [3.8, 4) is 0 Å². The third kappa shape index (κ3) is 4.69. The smallest absolute Gasteiger partial charge is 0.152 e. The number of aliphatic hydroxyl groups excluding tert-OH is 1. The Bertz CT molecular complexity index is 429. The summed E-state index contributed by atoms with van der Waals surface area (Å²) in [5, 5.41) is 9.16. The van der Waals surface area contributed by atoms with Crippen molar-refractivity contribution in [3.63, 3.8) is 0 Å². The highest BCUT2D eigenvalue weighted by atomic mass is 35.5. The quantitative estimate of drug-likeness (QED) is 0.830. The van der Waals surface area contributed by atoms with Gasteiger partial charge in [0, 0.05) is 12.0 Å². The second-order valence-corrected chi connectivity index (χ2v) is 7.87. The second-order valence-electron chi connectivity index (χ2n) is 2.83. The number of halogens is 1. The van der Waals surface area contributed by atoms with Crippen molar-refractivity contribution in [2.24, 2.45) is 0 Å². The number of hydrogen-bond donors (Lipinski definition) is 1. The largest absolute Gasteiger partial charge is 0.391 e. The van der Waals surface area contributed by atoms with E-state index >= 15 is 0 Å². The molecule has 1 rings (SSSR count). The van der Waals surface area contributed by atoms with Crippen molar-refractivity contribution in [2.45, 2.75) is 10.9 Å². The molecule has 8 heteroatoms. The summed E-state index contributed by atoms with van der Waals surface area (Å²) < 4.78 is 22.4. The zero-order valence-electron chi connectivity index (χ0n) is 7.93. The van der Waals surface area contributed by atoms with Gasteiger partial charge in [0.2, 0.25) is 0 Å². The SMILES string of the molecule is CS(=O)(=O)CCSc1nc(Cl)c(CO)s1. The van der Waals surface area contributed by atoms with Gasteiger partial charge in [-0.3, -0.25) is 0 Å². The van der Waals surface area contributed by atoms with Crippen molar-refractivity contribution >= 4 is 44.5 Å². The molecule has 1 aromatic rings. The second kappa shape index (κ2) is 5.49. The molecule has 0 saturated carbocycles. The number of thiazole rings is 1. The van der Waals surface area contributed by atoms with Gasteiger partial charge in [0.15, 0.2) is 4.34 Å². The van der Waals surface area contributed by atoms with E-state index < -0.39 is 9.84 Å². The minimum Gasteiger partial charge on any atom is -0.391 e. The zero-order valence-corrected chi connectivity index (χ0v) is 11.1. The van der Waals surface area contributed by atoms with Gasteiger partial charge in [0.1, 0.15) is 15.0 Å². The van der Waals surface area contributed by atoms with Crippen LogP contribution in [0.3, 0.4) is 0 Å². The van der Waals surface area contributed by atoms with E-state index in [9.17, 15) is 8.42 Å². The van der Waals surface area contributed by atoms with Crippen LogP contribution in [0.15, 0.2) is 4.34 Å². The van der Waals surface area contributed by atoms with E-state index in [1.54, 1.807) is 0 Å². The number of aromatic nitrogens is 1. The van der Waals surface area contributed by atoms with E-state index in [1.165, 1.54) is 29.4 Å². The standard InChI is InChI=1S/C7H10ClNO3S3/c1-15(11,12)3-2-13-7-9-6(8)5(4-10)14-7/h10H,2-4H2,1H3. The fourth-order valence-corrected chi connectivity index (χ4v) is 4.32. The summed E-state index contributed by atoms with van der Waals surface area (Å²) in [7, 11) is -2.93. The van der Waals surface area contributed by atoms with Crippen molar-refractivity contribution in [1.82, 2.24) is 4.98 Å². The maximum atomic E-state index is 10.9. The molecule has 1 aromatic heterocycles. The van der Waals surface area contributed by atoms with Crippen LogP contribution >= 0.6 is 34.7 Å². The van der Waals surface area contributed by atoms with E-state index in [1.807, 2.05) is 0 Å². The molecule has 0 amide bonds. The first-order chi connectivity index (χ1) is 6.92. The molecule has 0 unspecified atom stereocenters. The van der Waals surface area contributed by atoms with Gasteiger partial charge >= 0.3 is 0 Å². The highest BCUT2D eigenvalue weighted by Gasteiger charge is 2.09. The molecule has 0 bridgehead atoms. The first-order valence-corrected chi connectivity index (χ1v) is 8.23. The van der Waals surface area contributed by atoms with Gasteiger partial charge in [-0.15, -0.1) is 11.3 Å². The van der Waals surface area contributed by atoms with Gasteiger partial charge in [-0.1, -0.05) is 23.4 Å². The van der Waals surface area contributed by atoms with Gasteiger partial charge < -0.3 is 5.11 Å². The number of hydrogen-bond acceptors (Lipinski definition) is 6. The topological polar surface area (TPSA) is 67.3 Å². The van der Waals surface area contributed by atoms with Crippen LogP contribution in [-0.2, 0) is 16.4 Å². The third-order valence-electron chi connectivity index (χ3n) is 1.45. The summed E-state index contributed by atoms with van der Waals surface area (Å²) in [5.41, 5.74) is 0. The maximum absolute atomic E-state index is 10.9. The molecular weight excluding hydrogens is 278 g/mol. The highest BCUT2D eigenvalue weighted by Crippen LogP contribution is 2.30. The molecule has 86 valence electrons. The predicted octanol–water partition coefficient (Wildman–Crippen LogP) is 1.43. The predicted molar refractivity (Wildman–Crippen MR) is 63.5 cm³/mol. The molecule has 4 nitrogen and oxygen atoms in total. The summed E-state index contributed by atoms with van der Waals surface area (Å²) in [4.78, 5) is 4.60. The lowest BCUT2D eigenvalue weighted by atomic mass is 10.6. The fourth-order valence-electron chi connectivity index (χ4n) is 0.752. The molecule has 0 saturated heterocycles. The Morgan fingerprint density at radius 2 is 2.27 bits per heavy atom. The molecule has 0 aliphatic heterocycles. The van der Waals surface area contributed by atoms with Crippen LogP contribution in [0.1, 0.15) is 4.88 Å². The Labute approximate surface area is 102 Å². The zero-order chi connectivity index (χ0) is 11.5. The average Bonchev–Trinajstić information content (AvgIpc) is 2.44. The molecule has 1 heterocycles. The first-order valence-electron chi connectivity index (χ1n) is 3.99. The molecule has 0 aliphatic rings. The van der Waals surface area contributed by atoms with Crippen LogP contribution in [0.4, 0.5) is 0 Å². The van der Waals surface area contributed by atoms with Gasteiger partial charge in [-0.2, -0.15) is 0 Å². The number of aliphatic hydroxyl groups is 1. The summed E-state index contributed by atoms with van der Waals surface area (Å²) in [6, 6.07) is 0. The lowest BCUT2D eigenvalue weighted by molar-refractivity contribution is 0.285. The minimum atomic E-state index is -2.93. The van der Waals surface area contributed by atoms with E-state index in [-0.39, 0.29) is 12.4 Å². The monoisotopic (exact) mass is 287 g/mol. The van der Waals surface area contributed by atoms with E-state index in [4.69, 9.17) is 16.7 Å². The molecule has 0 aliphatic carbocycles. The Hall–Kier alpha value is 0.180. The Balaban J connectivity index is 2.51. The van der Waals surface area contributed by atoms with Crippen molar-refractivity contribution in [1.29, 1.82) is 0 Å². The van der Waals surface area contributed by atoms with E-state index in [2.05, 4.69) is 4.98 Å². The summed E-state index contributed by atoms with van der Waals surface area (Å²) in [6.07, 6.45) is 1.20. The third-order valence-corrected chi connectivity index (χ3v) is 5.27. The van der Waals surface area contributed by atoms with E-state index in [0.29, 0.717) is 20.1 Å². The molecule has 0 aromatic carbocycles. The normalized spacial score (nSPS) is 11.9. The van der Waals surface area contributed by atoms with Crippen LogP contribution in [-0.4, -0.2) is 36.3 Å². The molecule has 1 N–H and O–H groups in total. The Kier molecular flexibility index (Phi) is 4.85. The summed E-state index contributed by atoms with van der Waals surface area (Å²) in [6.45, 7) is -0.136. The van der Waals surface area contributed by atoms with Gasteiger partial charge in [0.05, 0.1) is 17.2 Å². The van der Waals surface area contributed by atoms with Crippen LogP contribution in [0.2, 0.25) is 5.15 Å². The molecule has 0 fully saturated rings. The van der Waals surface area contributed by atoms with Crippen molar-refractivity contribution < 1.29 is 13.5 Å². The van der Waals surface area contributed by atoms with Crippen LogP contribution in [0.5, 0.6) is 0 Å². The summed E-state index contributed by atoms with van der Waals surface area (Å²) in [5.74, 6) is 0.566. The van der Waals surface area contributed by atoms with Crippen LogP contribution in [0, 0.1) is 0 Å². The molecule has 0 radical (unpaired) electrons. The van der Waals surface area contributed by atoms with Crippen molar-refractivity contribution in [2.75, 3.05) is 17.8 Å². The Morgan fingerprint density at radius 1 is 1.60 bits per heavy atom. The average molecular weight is 288 g/mol. The van der Waals surface area contributed by atoms with Crippen LogP contribution < -0.4 is 0 Å². The number of thioether (sulfide) groups is 1. The molecule has 0 atom stereocenters. The maximum Gasteiger partial charge on any atom is 0.152 e. The minimum absolute atomic E-state index is 0.114. The van der Waals surface area contributed by atoms with E-state index in [0.717, 1.165) is 0 Å². The lowest BCUT2D eigenvalue weighted by Crippen LogP contribution is -2.04. The molecule has 0 spiro atoms. The van der Waals surface area contributed by atoms with Gasteiger partial charge in [-0.25, -0.2) is 13.4 Å². The fraction of sp³-hybridized carbons (Fsp3) is 0.571. The van der Waals surface area contributed by atoms with Crippen LogP contribution in [0.25, 0.3) is 0 Å². The number of rotatable bonds is 5. The van der Waals surface area contributed by atoms with Gasteiger partial charge in [0.25, 0.3) is 0 Å². The number of nitrogens with zero attached hydrogens (tertiary/aromatic N) is 1. The summed E-state index contributed by atoms with van der Waals surface area (Å²) >= 11 is 8.34. The lowest BCUT2D eigenvalue weighted by Gasteiger charge is -1.95. The molecule has 15 heavy (non-hydrogen) atoms. The first kappa shape index (κ1) is 13.2. The van der Waals surface area contributed by atoms with Crippen molar-refractivity contribution in [3.05, 3.63) is 10.0 Å². The highest BCUT2D eigenvalue weighted by molar-refractivity contribution is 8.02. The molecular formula is C7H10ClNO3S3. The van der Waals surface area contributed by atoms with Gasteiger partial charge in [-0.05, 0) is 0 Å². The Morgan fingerprint density at radius 3 is 2.73 bits per heavy atom.